The quantitative estimate of drug-likeness (QED) is 0.524. The molecule has 11 nitrogen and oxygen atoms in total. The maximum absolute atomic E-state index is 13.0. The van der Waals surface area contributed by atoms with Crippen molar-refractivity contribution in [1.29, 1.82) is 0 Å². The molecular formula is C18H25N7O4S. The fourth-order valence-electron chi connectivity index (χ4n) is 4.48. The number of H-pyrrole nitrogens is 1. The van der Waals surface area contributed by atoms with Crippen LogP contribution in [0.4, 0.5) is 5.82 Å². The number of likely N-dealkylation sites (tertiary alicyclic amines) is 1. The zero-order valence-corrected chi connectivity index (χ0v) is 17.3. The van der Waals surface area contributed by atoms with Crippen LogP contribution in [-0.2, 0) is 15.0 Å². The highest BCUT2D eigenvalue weighted by atomic mass is 32.2. The van der Waals surface area contributed by atoms with Crippen molar-refractivity contribution in [2.75, 3.05) is 50.8 Å². The number of aromatic amines is 1. The van der Waals surface area contributed by atoms with Crippen molar-refractivity contribution in [1.82, 2.24) is 28.9 Å². The molecule has 0 aromatic carbocycles. The lowest BCUT2D eigenvalue weighted by molar-refractivity contribution is -0.140. The SMILES string of the molecule is O=C(CO)N1CC(CNS(=O)(=O)N2CCN(c3ncnc4[nH]ccc34)CC23CC3)C1. The van der Waals surface area contributed by atoms with Crippen LogP contribution in [0.2, 0.25) is 0 Å². The van der Waals surface area contributed by atoms with Gasteiger partial charge in [0.1, 0.15) is 24.4 Å². The van der Waals surface area contributed by atoms with Crippen LogP contribution in [0.3, 0.4) is 0 Å². The molecule has 12 heteroatoms. The van der Waals surface area contributed by atoms with Gasteiger partial charge in [0.05, 0.1) is 10.9 Å². The molecule has 162 valence electrons. The highest BCUT2D eigenvalue weighted by molar-refractivity contribution is 7.87. The molecule has 1 spiro atoms. The molecule has 3 fully saturated rings. The smallest absolute Gasteiger partial charge is 0.280 e. The number of aromatic nitrogens is 3. The molecule has 0 unspecified atom stereocenters. The Kier molecular flexibility index (Phi) is 4.69. The molecule has 4 heterocycles. The maximum Gasteiger partial charge on any atom is 0.280 e. The number of anilines is 1. The lowest BCUT2D eigenvalue weighted by Crippen LogP contribution is -2.61. The van der Waals surface area contributed by atoms with E-state index in [1.807, 2.05) is 12.3 Å². The first-order valence-electron chi connectivity index (χ1n) is 10.1. The van der Waals surface area contributed by atoms with Gasteiger partial charge in [-0.1, -0.05) is 0 Å². The molecule has 5 rings (SSSR count). The summed E-state index contributed by atoms with van der Waals surface area (Å²) in [6.45, 7) is 2.29. The number of fused-ring (bicyclic) bond motifs is 1. The third-order valence-electron chi connectivity index (χ3n) is 6.34. The van der Waals surface area contributed by atoms with Crippen LogP contribution in [0.15, 0.2) is 18.6 Å². The van der Waals surface area contributed by atoms with E-state index in [-0.39, 0.29) is 11.8 Å². The zero-order valence-electron chi connectivity index (χ0n) is 16.5. The van der Waals surface area contributed by atoms with E-state index in [1.54, 1.807) is 4.31 Å². The zero-order chi connectivity index (χ0) is 20.9. The van der Waals surface area contributed by atoms with Gasteiger partial charge in [0.15, 0.2) is 0 Å². The summed E-state index contributed by atoms with van der Waals surface area (Å²) in [4.78, 5) is 26.9. The van der Waals surface area contributed by atoms with Gasteiger partial charge < -0.3 is 19.9 Å². The second kappa shape index (κ2) is 7.15. The van der Waals surface area contributed by atoms with Gasteiger partial charge in [-0.2, -0.15) is 12.7 Å². The summed E-state index contributed by atoms with van der Waals surface area (Å²) in [5.41, 5.74) is 0.381. The minimum absolute atomic E-state index is 0.0783. The molecule has 2 aliphatic heterocycles. The number of aliphatic hydroxyl groups is 1. The summed E-state index contributed by atoms with van der Waals surface area (Å²) < 4.78 is 30.4. The first-order valence-corrected chi connectivity index (χ1v) is 11.5. The van der Waals surface area contributed by atoms with Crippen molar-refractivity contribution in [3.8, 4) is 0 Å². The molecule has 0 radical (unpaired) electrons. The van der Waals surface area contributed by atoms with E-state index in [1.165, 1.54) is 11.2 Å². The predicted octanol–water partition coefficient (Wildman–Crippen LogP) is -1.10. The number of carbonyl (C=O) groups is 1. The normalized spacial score (nSPS) is 21.9. The summed E-state index contributed by atoms with van der Waals surface area (Å²) in [6.07, 6.45) is 5.01. The second-order valence-corrected chi connectivity index (χ2v) is 10.0. The van der Waals surface area contributed by atoms with Crippen molar-refractivity contribution >= 4 is 33.0 Å². The third-order valence-corrected chi connectivity index (χ3v) is 8.02. The van der Waals surface area contributed by atoms with E-state index in [9.17, 15) is 13.2 Å². The van der Waals surface area contributed by atoms with E-state index in [0.717, 1.165) is 29.7 Å². The molecule has 0 bridgehead atoms. The molecular weight excluding hydrogens is 410 g/mol. The molecule has 0 atom stereocenters. The van der Waals surface area contributed by atoms with Crippen LogP contribution in [0.25, 0.3) is 11.0 Å². The highest BCUT2D eigenvalue weighted by Crippen LogP contribution is 2.46. The molecule has 2 saturated heterocycles. The standard InChI is InChI=1S/C18H25N7O4S/c26-10-15(27)24-8-13(9-24)7-22-30(28,29)25-6-5-23(11-18(25)2-3-18)17-14-1-4-19-16(14)20-12-21-17/h1,4,12-13,22,26H,2-3,5-11H2,(H,19,20,21). The Morgan fingerprint density at radius 1 is 1.30 bits per heavy atom. The summed E-state index contributed by atoms with van der Waals surface area (Å²) >= 11 is 0. The number of nitrogens with zero attached hydrogens (tertiary/aromatic N) is 5. The van der Waals surface area contributed by atoms with E-state index in [2.05, 4.69) is 24.6 Å². The van der Waals surface area contributed by atoms with Crippen molar-refractivity contribution in [3.05, 3.63) is 18.6 Å². The number of carbonyl (C=O) groups excluding carboxylic acids is 1. The van der Waals surface area contributed by atoms with Gasteiger partial charge in [-0.05, 0) is 18.9 Å². The Balaban J connectivity index is 1.24. The number of aliphatic hydroxyl groups excluding tert-OH is 1. The molecule has 2 aromatic heterocycles. The average molecular weight is 436 g/mol. The second-order valence-electron chi connectivity index (χ2n) is 8.33. The van der Waals surface area contributed by atoms with Crippen molar-refractivity contribution in [2.24, 2.45) is 5.92 Å². The molecule has 3 N–H and O–H groups in total. The fraction of sp³-hybridized carbons (Fsp3) is 0.611. The van der Waals surface area contributed by atoms with Gasteiger partial charge in [-0.3, -0.25) is 4.79 Å². The van der Waals surface area contributed by atoms with Crippen LogP contribution in [0.5, 0.6) is 0 Å². The number of amides is 1. The van der Waals surface area contributed by atoms with Crippen molar-refractivity contribution < 1.29 is 18.3 Å². The van der Waals surface area contributed by atoms with E-state index < -0.39 is 22.4 Å². The van der Waals surface area contributed by atoms with Gasteiger partial charge >= 0.3 is 0 Å². The maximum atomic E-state index is 13.0. The van der Waals surface area contributed by atoms with Gasteiger partial charge in [-0.15, -0.1) is 0 Å². The summed E-state index contributed by atoms with van der Waals surface area (Å²) in [5.74, 6) is 0.596. The third kappa shape index (κ3) is 3.33. The minimum Gasteiger partial charge on any atom is -0.387 e. The molecule has 2 aromatic rings. The Bertz CT molecular complexity index is 1060. The van der Waals surface area contributed by atoms with Gasteiger partial charge in [0.25, 0.3) is 10.2 Å². The van der Waals surface area contributed by atoms with Crippen LogP contribution in [-0.4, -0.2) is 95.0 Å². The number of rotatable bonds is 6. The molecule has 30 heavy (non-hydrogen) atoms. The Morgan fingerprint density at radius 3 is 2.83 bits per heavy atom. The Labute approximate surface area is 174 Å². The Hall–Kier alpha value is -2.28. The lowest BCUT2D eigenvalue weighted by Gasteiger charge is -2.43. The summed E-state index contributed by atoms with van der Waals surface area (Å²) in [5, 5.41) is 9.82. The van der Waals surface area contributed by atoms with Crippen LogP contribution in [0, 0.1) is 5.92 Å². The van der Waals surface area contributed by atoms with Crippen LogP contribution in [0.1, 0.15) is 12.8 Å². The topological polar surface area (TPSA) is 135 Å². The first-order chi connectivity index (χ1) is 14.4. The molecule has 1 amide bonds. The number of hydrogen-bond acceptors (Lipinski definition) is 7. The van der Waals surface area contributed by atoms with Crippen molar-refractivity contribution in [2.45, 2.75) is 18.4 Å². The van der Waals surface area contributed by atoms with Crippen LogP contribution < -0.4 is 9.62 Å². The number of hydrogen-bond donors (Lipinski definition) is 3. The minimum atomic E-state index is -3.62. The molecule has 1 aliphatic carbocycles. The summed E-state index contributed by atoms with van der Waals surface area (Å²) in [7, 11) is -3.62. The summed E-state index contributed by atoms with van der Waals surface area (Å²) in [6, 6.07) is 1.94. The predicted molar refractivity (Wildman–Crippen MR) is 109 cm³/mol. The van der Waals surface area contributed by atoms with E-state index in [0.29, 0.717) is 39.3 Å². The largest absolute Gasteiger partial charge is 0.387 e. The van der Waals surface area contributed by atoms with Gasteiger partial charge in [0, 0.05) is 51.4 Å². The molecule has 1 saturated carbocycles. The monoisotopic (exact) mass is 435 g/mol. The Morgan fingerprint density at radius 2 is 2.10 bits per heavy atom. The highest BCUT2D eigenvalue weighted by Gasteiger charge is 2.56. The van der Waals surface area contributed by atoms with Crippen LogP contribution >= 0.6 is 0 Å². The van der Waals surface area contributed by atoms with Gasteiger partial charge in [-0.25, -0.2) is 14.7 Å². The number of nitrogens with one attached hydrogen (secondary N) is 2. The first kappa shape index (κ1) is 19.7. The van der Waals surface area contributed by atoms with Gasteiger partial charge in [0.2, 0.25) is 5.91 Å². The van der Waals surface area contributed by atoms with E-state index in [4.69, 9.17) is 5.11 Å². The molecule has 3 aliphatic rings. The lowest BCUT2D eigenvalue weighted by atomic mass is 10.0. The average Bonchev–Trinajstić information content (AvgIpc) is 3.27. The van der Waals surface area contributed by atoms with E-state index >= 15 is 0 Å². The fourth-order valence-corrected chi connectivity index (χ4v) is 6.16. The van der Waals surface area contributed by atoms with Crippen molar-refractivity contribution in [3.63, 3.8) is 0 Å². The number of piperazine rings is 1.